The molecule has 16 heavy (non-hydrogen) atoms. The first-order chi connectivity index (χ1) is 7.65. The number of hydrogen-bond donors (Lipinski definition) is 1. The zero-order chi connectivity index (χ0) is 12.0. The molecule has 0 saturated carbocycles. The number of benzene rings is 1. The van der Waals surface area contributed by atoms with Gasteiger partial charge in [0, 0.05) is 10.6 Å². The number of ether oxygens (including phenoxy) is 1. The van der Waals surface area contributed by atoms with Gasteiger partial charge in [-0.3, -0.25) is 4.79 Å². The fourth-order valence-corrected chi connectivity index (χ4v) is 1.49. The third-order valence-electron chi connectivity index (χ3n) is 2.23. The summed E-state index contributed by atoms with van der Waals surface area (Å²) in [5.74, 6) is -0.373. The third kappa shape index (κ3) is 3.83. The standard InChI is InChI=1S/C12H16ClNO2/c1-2-5-11(14)12(15)16-8-9-6-3-4-7-10(9)13/h3-4,6-7,11H,2,5,8,14H2,1H3/t11-/m0/s1. The highest BCUT2D eigenvalue weighted by atomic mass is 35.5. The topological polar surface area (TPSA) is 52.3 Å². The van der Waals surface area contributed by atoms with E-state index in [9.17, 15) is 4.79 Å². The molecule has 0 amide bonds. The van der Waals surface area contributed by atoms with Gasteiger partial charge in [-0.05, 0) is 12.5 Å². The van der Waals surface area contributed by atoms with Crippen molar-refractivity contribution in [3.8, 4) is 0 Å². The molecule has 0 heterocycles. The largest absolute Gasteiger partial charge is 0.460 e. The van der Waals surface area contributed by atoms with Gasteiger partial charge in [0.2, 0.25) is 0 Å². The van der Waals surface area contributed by atoms with Gasteiger partial charge in [0.1, 0.15) is 12.6 Å². The van der Waals surface area contributed by atoms with Crippen LogP contribution in [0.3, 0.4) is 0 Å². The Labute approximate surface area is 101 Å². The summed E-state index contributed by atoms with van der Waals surface area (Å²) in [7, 11) is 0. The molecule has 2 N–H and O–H groups in total. The van der Waals surface area contributed by atoms with Crippen molar-refractivity contribution < 1.29 is 9.53 Å². The summed E-state index contributed by atoms with van der Waals surface area (Å²) >= 11 is 5.93. The van der Waals surface area contributed by atoms with E-state index in [1.165, 1.54) is 0 Å². The number of rotatable bonds is 5. The van der Waals surface area contributed by atoms with Crippen LogP contribution in [0.5, 0.6) is 0 Å². The Balaban J connectivity index is 2.46. The highest BCUT2D eigenvalue weighted by Crippen LogP contribution is 2.15. The molecule has 0 aliphatic rings. The lowest BCUT2D eigenvalue weighted by atomic mass is 10.2. The summed E-state index contributed by atoms with van der Waals surface area (Å²) < 4.78 is 5.07. The zero-order valence-electron chi connectivity index (χ0n) is 9.28. The van der Waals surface area contributed by atoms with Crippen LogP contribution in [-0.2, 0) is 16.1 Å². The Hall–Kier alpha value is -1.06. The molecular formula is C12H16ClNO2. The minimum absolute atomic E-state index is 0.177. The van der Waals surface area contributed by atoms with Crippen molar-refractivity contribution >= 4 is 17.6 Å². The second kappa shape index (κ2) is 6.51. The van der Waals surface area contributed by atoms with E-state index >= 15 is 0 Å². The van der Waals surface area contributed by atoms with Gasteiger partial charge in [0.15, 0.2) is 0 Å². The SMILES string of the molecule is CCC[C@H](N)C(=O)OCc1ccccc1Cl. The summed E-state index contributed by atoms with van der Waals surface area (Å²) in [6, 6.07) is 6.72. The number of carbonyl (C=O) groups excluding carboxylic acids is 1. The van der Waals surface area contributed by atoms with Crippen LogP contribution in [0.25, 0.3) is 0 Å². The number of carbonyl (C=O) groups is 1. The van der Waals surface area contributed by atoms with E-state index < -0.39 is 6.04 Å². The van der Waals surface area contributed by atoms with Crippen molar-refractivity contribution in [3.63, 3.8) is 0 Å². The molecule has 0 radical (unpaired) electrons. The second-order valence-corrected chi connectivity index (χ2v) is 4.00. The predicted octanol–water partition coefficient (Wildman–Crippen LogP) is 2.51. The van der Waals surface area contributed by atoms with Crippen LogP contribution in [0.1, 0.15) is 25.3 Å². The number of esters is 1. The van der Waals surface area contributed by atoms with Gasteiger partial charge in [-0.1, -0.05) is 43.1 Å². The van der Waals surface area contributed by atoms with Crippen LogP contribution in [0.4, 0.5) is 0 Å². The fourth-order valence-electron chi connectivity index (χ4n) is 1.30. The minimum atomic E-state index is -0.535. The quantitative estimate of drug-likeness (QED) is 0.806. The highest BCUT2D eigenvalue weighted by Gasteiger charge is 2.14. The molecule has 3 nitrogen and oxygen atoms in total. The first-order valence-corrected chi connectivity index (χ1v) is 5.68. The maximum Gasteiger partial charge on any atom is 0.323 e. The highest BCUT2D eigenvalue weighted by molar-refractivity contribution is 6.31. The normalized spacial score (nSPS) is 12.2. The van der Waals surface area contributed by atoms with Crippen LogP contribution >= 0.6 is 11.6 Å². The van der Waals surface area contributed by atoms with Crippen molar-refractivity contribution in [2.45, 2.75) is 32.4 Å². The maximum absolute atomic E-state index is 11.4. The molecule has 0 saturated heterocycles. The molecule has 0 unspecified atom stereocenters. The zero-order valence-corrected chi connectivity index (χ0v) is 10.0. The van der Waals surface area contributed by atoms with Gasteiger partial charge in [-0.15, -0.1) is 0 Å². The van der Waals surface area contributed by atoms with Gasteiger partial charge >= 0.3 is 5.97 Å². The van der Waals surface area contributed by atoms with Crippen LogP contribution in [0.15, 0.2) is 24.3 Å². The van der Waals surface area contributed by atoms with E-state index in [0.717, 1.165) is 12.0 Å². The van der Waals surface area contributed by atoms with Crippen LogP contribution in [0.2, 0.25) is 5.02 Å². The van der Waals surface area contributed by atoms with E-state index in [1.807, 2.05) is 25.1 Å². The van der Waals surface area contributed by atoms with Gasteiger partial charge in [0.05, 0.1) is 0 Å². The lowest BCUT2D eigenvalue weighted by Gasteiger charge is -2.10. The third-order valence-corrected chi connectivity index (χ3v) is 2.60. The van der Waals surface area contributed by atoms with Crippen LogP contribution in [-0.4, -0.2) is 12.0 Å². The molecule has 88 valence electrons. The molecule has 1 rings (SSSR count). The van der Waals surface area contributed by atoms with Crippen molar-refractivity contribution in [1.29, 1.82) is 0 Å². The average Bonchev–Trinajstić information content (AvgIpc) is 2.28. The summed E-state index contributed by atoms with van der Waals surface area (Å²) in [5.41, 5.74) is 6.42. The minimum Gasteiger partial charge on any atom is -0.460 e. The van der Waals surface area contributed by atoms with Gasteiger partial charge < -0.3 is 10.5 Å². The maximum atomic E-state index is 11.4. The van der Waals surface area contributed by atoms with E-state index in [1.54, 1.807) is 6.07 Å². The molecule has 0 fully saturated rings. The van der Waals surface area contributed by atoms with E-state index in [4.69, 9.17) is 22.1 Å². The van der Waals surface area contributed by atoms with Crippen molar-refractivity contribution in [3.05, 3.63) is 34.9 Å². The predicted molar refractivity (Wildman–Crippen MR) is 64.1 cm³/mol. The van der Waals surface area contributed by atoms with Gasteiger partial charge in [0.25, 0.3) is 0 Å². The number of halogens is 1. The Morgan fingerprint density at radius 2 is 2.19 bits per heavy atom. The van der Waals surface area contributed by atoms with Gasteiger partial charge in [-0.25, -0.2) is 0 Å². The number of hydrogen-bond acceptors (Lipinski definition) is 3. The molecule has 4 heteroatoms. The Bertz CT molecular complexity index is 355. The molecule has 1 aromatic rings. The summed E-state index contributed by atoms with van der Waals surface area (Å²) in [4.78, 5) is 11.4. The fraction of sp³-hybridized carbons (Fsp3) is 0.417. The van der Waals surface area contributed by atoms with Crippen LogP contribution < -0.4 is 5.73 Å². The molecule has 1 atom stereocenters. The Morgan fingerprint density at radius 1 is 1.50 bits per heavy atom. The molecule has 0 aliphatic heterocycles. The molecule has 0 aromatic heterocycles. The summed E-state index contributed by atoms with van der Waals surface area (Å²) in [6.45, 7) is 2.15. The van der Waals surface area contributed by atoms with Crippen molar-refractivity contribution in [2.24, 2.45) is 5.73 Å². The molecule has 0 spiro atoms. The van der Waals surface area contributed by atoms with Crippen molar-refractivity contribution in [1.82, 2.24) is 0 Å². The number of nitrogens with two attached hydrogens (primary N) is 1. The molecule has 1 aromatic carbocycles. The van der Waals surface area contributed by atoms with E-state index in [-0.39, 0.29) is 12.6 Å². The Kier molecular flexibility index (Phi) is 5.29. The van der Waals surface area contributed by atoms with E-state index in [0.29, 0.717) is 11.4 Å². The summed E-state index contributed by atoms with van der Waals surface area (Å²) in [5, 5.41) is 0.597. The second-order valence-electron chi connectivity index (χ2n) is 3.59. The monoisotopic (exact) mass is 241 g/mol. The van der Waals surface area contributed by atoms with Gasteiger partial charge in [-0.2, -0.15) is 0 Å². The first kappa shape index (κ1) is 13.0. The Morgan fingerprint density at radius 3 is 2.81 bits per heavy atom. The van der Waals surface area contributed by atoms with Crippen molar-refractivity contribution in [2.75, 3.05) is 0 Å². The average molecular weight is 242 g/mol. The summed E-state index contributed by atoms with van der Waals surface area (Å²) in [6.07, 6.45) is 1.50. The smallest absolute Gasteiger partial charge is 0.323 e. The lowest BCUT2D eigenvalue weighted by Crippen LogP contribution is -2.31. The van der Waals surface area contributed by atoms with E-state index in [2.05, 4.69) is 0 Å². The lowest BCUT2D eigenvalue weighted by molar-refractivity contribution is -0.146. The first-order valence-electron chi connectivity index (χ1n) is 5.30. The van der Waals surface area contributed by atoms with Crippen LogP contribution in [0, 0.1) is 0 Å². The molecular weight excluding hydrogens is 226 g/mol. The molecule has 0 aliphatic carbocycles. The molecule has 0 bridgehead atoms.